The largest absolute Gasteiger partial charge is 0.466 e. The smallest absolute Gasteiger partial charge is 0.335 e. The standard InChI is InChI=1S/C22H29NO5/c1-3-26-21(24)12-8-11-18-17(22(25)27-4-2)13-14-20-23(18)19(15-28-20)16-9-6-5-7-10-16/h5-7,9-10,19-20H,3-4,8,11-15H2,1-2H3/t19-,20-/m1/s1. The van der Waals surface area contributed by atoms with Gasteiger partial charge in [-0.05, 0) is 45.1 Å². The molecule has 2 aliphatic heterocycles. The normalized spacial score (nSPS) is 21.4. The number of hydrogen-bond donors (Lipinski definition) is 0. The van der Waals surface area contributed by atoms with Crippen LogP contribution in [0.2, 0.25) is 0 Å². The van der Waals surface area contributed by atoms with E-state index in [4.69, 9.17) is 14.2 Å². The lowest BCUT2D eigenvalue weighted by Crippen LogP contribution is -2.37. The number of rotatable bonds is 8. The molecule has 0 unspecified atom stereocenters. The summed E-state index contributed by atoms with van der Waals surface area (Å²) in [4.78, 5) is 26.6. The van der Waals surface area contributed by atoms with E-state index >= 15 is 0 Å². The molecule has 1 saturated heterocycles. The molecule has 0 N–H and O–H groups in total. The minimum absolute atomic E-state index is 0.0408. The van der Waals surface area contributed by atoms with E-state index in [2.05, 4.69) is 17.0 Å². The average Bonchev–Trinajstić information content (AvgIpc) is 3.13. The van der Waals surface area contributed by atoms with Gasteiger partial charge >= 0.3 is 11.9 Å². The Morgan fingerprint density at radius 3 is 2.61 bits per heavy atom. The zero-order chi connectivity index (χ0) is 19.9. The molecule has 1 aromatic carbocycles. The molecule has 2 atom stereocenters. The van der Waals surface area contributed by atoms with Gasteiger partial charge in [0.25, 0.3) is 0 Å². The maximum absolute atomic E-state index is 12.6. The number of hydrogen-bond acceptors (Lipinski definition) is 6. The number of benzene rings is 1. The van der Waals surface area contributed by atoms with E-state index in [1.165, 1.54) is 0 Å². The molecule has 1 aromatic rings. The number of fused-ring (bicyclic) bond motifs is 1. The molecule has 0 aromatic heterocycles. The van der Waals surface area contributed by atoms with Gasteiger partial charge in [0.05, 0.1) is 31.4 Å². The molecule has 3 rings (SSSR count). The van der Waals surface area contributed by atoms with Crippen molar-refractivity contribution in [2.24, 2.45) is 0 Å². The van der Waals surface area contributed by atoms with Gasteiger partial charge in [-0.1, -0.05) is 30.3 Å². The van der Waals surface area contributed by atoms with Gasteiger partial charge in [-0.3, -0.25) is 4.79 Å². The van der Waals surface area contributed by atoms with Crippen molar-refractivity contribution in [3.63, 3.8) is 0 Å². The molecule has 28 heavy (non-hydrogen) atoms. The number of ether oxygens (including phenoxy) is 3. The topological polar surface area (TPSA) is 65.1 Å². The van der Waals surface area contributed by atoms with Crippen molar-refractivity contribution in [1.82, 2.24) is 4.90 Å². The molecule has 2 heterocycles. The number of carbonyl (C=O) groups is 2. The molecule has 0 saturated carbocycles. The van der Waals surface area contributed by atoms with E-state index in [1.54, 1.807) is 6.92 Å². The predicted octanol–water partition coefficient (Wildman–Crippen LogP) is 3.73. The fourth-order valence-corrected chi connectivity index (χ4v) is 4.00. The second kappa shape index (κ2) is 9.73. The summed E-state index contributed by atoms with van der Waals surface area (Å²) in [5, 5.41) is 0. The Bertz CT molecular complexity index is 715. The zero-order valence-electron chi connectivity index (χ0n) is 16.7. The summed E-state index contributed by atoms with van der Waals surface area (Å²) in [7, 11) is 0. The van der Waals surface area contributed by atoms with Gasteiger partial charge in [0.2, 0.25) is 0 Å². The van der Waals surface area contributed by atoms with Crippen molar-refractivity contribution in [2.75, 3.05) is 19.8 Å². The summed E-state index contributed by atoms with van der Waals surface area (Å²) < 4.78 is 16.4. The monoisotopic (exact) mass is 387 g/mol. The van der Waals surface area contributed by atoms with Crippen molar-refractivity contribution in [3.05, 3.63) is 47.2 Å². The van der Waals surface area contributed by atoms with Crippen molar-refractivity contribution in [3.8, 4) is 0 Å². The van der Waals surface area contributed by atoms with Crippen LogP contribution in [0.3, 0.4) is 0 Å². The SMILES string of the molecule is CCOC(=O)CCCC1=C(C(=O)OCC)CC[C@H]2OC[C@H](c3ccccc3)N12. The van der Waals surface area contributed by atoms with Gasteiger partial charge in [0.15, 0.2) is 0 Å². The van der Waals surface area contributed by atoms with Crippen molar-refractivity contribution < 1.29 is 23.8 Å². The highest BCUT2D eigenvalue weighted by Crippen LogP contribution is 2.42. The van der Waals surface area contributed by atoms with Gasteiger partial charge in [0, 0.05) is 12.1 Å². The highest BCUT2D eigenvalue weighted by Gasteiger charge is 2.41. The highest BCUT2D eigenvalue weighted by molar-refractivity contribution is 5.89. The molecular formula is C22H29NO5. The summed E-state index contributed by atoms with van der Waals surface area (Å²) in [6.07, 6.45) is 2.94. The third-order valence-corrected chi connectivity index (χ3v) is 5.20. The Morgan fingerprint density at radius 2 is 1.89 bits per heavy atom. The molecule has 0 radical (unpaired) electrons. The number of carbonyl (C=O) groups excluding carboxylic acids is 2. The van der Waals surface area contributed by atoms with Crippen LogP contribution in [-0.2, 0) is 23.8 Å². The Kier molecular flexibility index (Phi) is 7.09. The van der Waals surface area contributed by atoms with E-state index < -0.39 is 0 Å². The van der Waals surface area contributed by atoms with Crippen LogP contribution in [0.5, 0.6) is 0 Å². The van der Waals surface area contributed by atoms with E-state index in [0.29, 0.717) is 51.1 Å². The quantitative estimate of drug-likeness (QED) is 0.633. The molecule has 6 heteroatoms. The van der Waals surface area contributed by atoms with Crippen molar-refractivity contribution >= 4 is 11.9 Å². The number of allylic oxidation sites excluding steroid dienone is 1. The molecular weight excluding hydrogens is 358 g/mol. The second-order valence-corrected chi connectivity index (χ2v) is 6.96. The number of esters is 2. The third-order valence-electron chi connectivity index (χ3n) is 5.20. The van der Waals surface area contributed by atoms with E-state index in [9.17, 15) is 9.59 Å². The first kappa shape index (κ1) is 20.4. The van der Waals surface area contributed by atoms with Crippen LogP contribution in [0.15, 0.2) is 41.6 Å². The predicted molar refractivity (Wildman–Crippen MR) is 104 cm³/mol. The first-order valence-corrected chi connectivity index (χ1v) is 10.1. The molecule has 0 spiro atoms. The van der Waals surface area contributed by atoms with Crippen LogP contribution in [-0.4, -0.2) is 42.9 Å². The summed E-state index contributed by atoms with van der Waals surface area (Å²) in [5.74, 6) is -0.462. The average molecular weight is 387 g/mol. The highest BCUT2D eigenvalue weighted by atomic mass is 16.5. The maximum atomic E-state index is 12.6. The van der Waals surface area contributed by atoms with Crippen LogP contribution >= 0.6 is 0 Å². The lowest BCUT2D eigenvalue weighted by molar-refractivity contribution is -0.143. The first-order chi connectivity index (χ1) is 13.7. The maximum Gasteiger partial charge on any atom is 0.335 e. The van der Waals surface area contributed by atoms with Crippen LogP contribution < -0.4 is 0 Å². The lowest BCUT2D eigenvalue weighted by atomic mass is 9.95. The van der Waals surface area contributed by atoms with Crippen LogP contribution in [0.25, 0.3) is 0 Å². The summed E-state index contributed by atoms with van der Waals surface area (Å²) in [6, 6.07) is 10.3. The van der Waals surface area contributed by atoms with Crippen molar-refractivity contribution in [1.29, 1.82) is 0 Å². The van der Waals surface area contributed by atoms with Crippen LogP contribution in [0.4, 0.5) is 0 Å². The molecule has 152 valence electrons. The fraction of sp³-hybridized carbons (Fsp3) is 0.545. The molecule has 1 fully saturated rings. The fourth-order valence-electron chi connectivity index (χ4n) is 4.00. The van der Waals surface area contributed by atoms with E-state index in [0.717, 1.165) is 17.7 Å². The van der Waals surface area contributed by atoms with Gasteiger partial charge < -0.3 is 19.1 Å². The second-order valence-electron chi connectivity index (χ2n) is 6.96. The molecule has 0 aliphatic carbocycles. The summed E-state index contributed by atoms with van der Waals surface area (Å²) in [6.45, 7) is 4.94. The van der Waals surface area contributed by atoms with Crippen LogP contribution in [0, 0.1) is 0 Å². The first-order valence-electron chi connectivity index (χ1n) is 10.1. The van der Waals surface area contributed by atoms with Gasteiger partial charge in [-0.25, -0.2) is 4.79 Å². The van der Waals surface area contributed by atoms with Gasteiger partial charge in [0.1, 0.15) is 6.23 Å². The Morgan fingerprint density at radius 1 is 1.14 bits per heavy atom. The minimum atomic E-state index is -0.259. The third kappa shape index (κ3) is 4.55. The van der Waals surface area contributed by atoms with E-state index in [-0.39, 0.29) is 24.2 Å². The summed E-state index contributed by atoms with van der Waals surface area (Å²) in [5.41, 5.74) is 2.83. The van der Waals surface area contributed by atoms with Gasteiger partial charge in [-0.15, -0.1) is 0 Å². The Hall–Kier alpha value is -2.34. The number of nitrogens with zero attached hydrogens (tertiary/aromatic N) is 1. The van der Waals surface area contributed by atoms with Crippen molar-refractivity contribution in [2.45, 2.75) is 58.2 Å². The molecule has 6 nitrogen and oxygen atoms in total. The molecule has 0 amide bonds. The zero-order valence-corrected chi connectivity index (χ0v) is 16.7. The minimum Gasteiger partial charge on any atom is -0.466 e. The molecule has 0 bridgehead atoms. The summed E-state index contributed by atoms with van der Waals surface area (Å²) >= 11 is 0. The van der Waals surface area contributed by atoms with E-state index in [1.807, 2.05) is 25.1 Å². The molecule has 2 aliphatic rings. The van der Waals surface area contributed by atoms with Crippen LogP contribution in [0.1, 0.15) is 57.6 Å². The van der Waals surface area contributed by atoms with Gasteiger partial charge in [-0.2, -0.15) is 0 Å². The Balaban J connectivity index is 1.86. The Labute approximate surface area is 166 Å². The lowest BCUT2D eigenvalue weighted by Gasteiger charge is -2.37.